The molecule has 0 aliphatic carbocycles. The quantitative estimate of drug-likeness (QED) is 0.600. The predicted molar refractivity (Wildman–Crippen MR) is 110 cm³/mol. The van der Waals surface area contributed by atoms with E-state index in [2.05, 4.69) is 55.3 Å². The lowest BCUT2D eigenvalue weighted by molar-refractivity contribution is -0.111. The van der Waals surface area contributed by atoms with Gasteiger partial charge in [0.1, 0.15) is 0 Å². The summed E-state index contributed by atoms with van der Waals surface area (Å²) >= 11 is 1.43. The first-order chi connectivity index (χ1) is 12.4. The molecular formula is C22H22N2OS. The van der Waals surface area contributed by atoms with Crippen LogP contribution in [0.25, 0.3) is 17.3 Å². The van der Waals surface area contributed by atoms with Gasteiger partial charge in [-0.25, -0.2) is 4.98 Å². The van der Waals surface area contributed by atoms with E-state index >= 15 is 0 Å². The van der Waals surface area contributed by atoms with Crippen molar-refractivity contribution in [3.8, 4) is 11.3 Å². The maximum absolute atomic E-state index is 12.1. The van der Waals surface area contributed by atoms with Crippen LogP contribution in [0.2, 0.25) is 0 Å². The Balaban J connectivity index is 1.66. The number of benzene rings is 2. The lowest BCUT2D eigenvalue weighted by atomic mass is 9.86. The molecule has 3 nitrogen and oxygen atoms in total. The zero-order chi connectivity index (χ0) is 18.6. The lowest BCUT2D eigenvalue weighted by Gasteiger charge is -2.18. The van der Waals surface area contributed by atoms with Gasteiger partial charge in [0, 0.05) is 17.0 Å². The van der Waals surface area contributed by atoms with Crippen molar-refractivity contribution in [1.29, 1.82) is 0 Å². The fraction of sp³-hybridized carbons (Fsp3) is 0.182. The van der Waals surface area contributed by atoms with Crippen molar-refractivity contribution in [3.63, 3.8) is 0 Å². The molecule has 0 fully saturated rings. The first-order valence-corrected chi connectivity index (χ1v) is 9.40. The third kappa shape index (κ3) is 4.67. The summed E-state index contributed by atoms with van der Waals surface area (Å²) in [6.07, 6.45) is 3.31. The van der Waals surface area contributed by atoms with Crippen LogP contribution in [-0.2, 0) is 10.2 Å². The van der Waals surface area contributed by atoms with E-state index < -0.39 is 0 Å². The largest absolute Gasteiger partial charge is 0.298 e. The SMILES string of the molecule is CC(C)(C)c1ccc(-c2csc(NC(=O)/C=C/c3ccccc3)n2)cc1. The summed E-state index contributed by atoms with van der Waals surface area (Å²) < 4.78 is 0. The van der Waals surface area contributed by atoms with Gasteiger partial charge < -0.3 is 0 Å². The second kappa shape index (κ2) is 7.67. The van der Waals surface area contributed by atoms with Gasteiger partial charge in [-0.05, 0) is 22.6 Å². The Morgan fingerprint density at radius 2 is 1.73 bits per heavy atom. The number of anilines is 1. The number of nitrogens with one attached hydrogen (secondary N) is 1. The minimum atomic E-state index is -0.183. The van der Waals surface area contributed by atoms with Crippen LogP contribution in [0.4, 0.5) is 5.13 Å². The third-order valence-corrected chi connectivity index (χ3v) is 4.77. The average Bonchev–Trinajstić information content (AvgIpc) is 3.09. The molecule has 2 aromatic carbocycles. The number of rotatable bonds is 4. The molecule has 3 aromatic rings. The molecule has 1 amide bonds. The second-order valence-corrected chi connectivity index (χ2v) is 7.96. The Hall–Kier alpha value is -2.72. The zero-order valence-electron chi connectivity index (χ0n) is 15.2. The maximum Gasteiger partial charge on any atom is 0.250 e. The Labute approximate surface area is 158 Å². The summed E-state index contributed by atoms with van der Waals surface area (Å²) in [5.74, 6) is -0.183. The highest BCUT2D eigenvalue weighted by molar-refractivity contribution is 7.14. The van der Waals surface area contributed by atoms with Crippen LogP contribution in [0.15, 0.2) is 66.1 Å². The Bertz CT molecular complexity index is 903. The van der Waals surface area contributed by atoms with E-state index in [1.165, 1.54) is 23.0 Å². The summed E-state index contributed by atoms with van der Waals surface area (Å²) in [4.78, 5) is 16.6. The van der Waals surface area contributed by atoms with Crippen LogP contribution >= 0.6 is 11.3 Å². The molecule has 132 valence electrons. The average molecular weight is 362 g/mol. The van der Waals surface area contributed by atoms with Crippen molar-refractivity contribution in [3.05, 3.63) is 77.2 Å². The number of amides is 1. The van der Waals surface area contributed by atoms with Gasteiger partial charge in [-0.15, -0.1) is 11.3 Å². The summed E-state index contributed by atoms with van der Waals surface area (Å²) in [7, 11) is 0. The van der Waals surface area contributed by atoms with E-state index in [0.29, 0.717) is 5.13 Å². The molecule has 26 heavy (non-hydrogen) atoms. The number of carbonyl (C=O) groups is 1. The second-order valence-electron chi connectivity index (χ2n) is 7.10. The molecule has 1 N–H and O–H groups in total. The molecule has 0 aliphatic rings. The molecular weight excluding hydrogens is 340 g/mol. The first kappa shape index (κ1) is 18.1. The molecule has 1 heterocycles. The number of thiazole rings is 1. The van der Waals surface area contributed by atoms with Crippen molar-refractivity contribution >= 4 is 28.5 Å². The Morgan fingerprint density at radius 1 is 1.04 bits per heavy atom. The van der Waals surface area contributed by atoms with Gasteiger partial charge >= 0.3 is 0 Å². The Morgan fingerprint density at radius 3 is 2.38 bits per heavy atom. The van der Waals surface area contributed by atoms with E-state index in [-0.39, 0.29) is 11.3 Å². The molecule has 0 aliphatic heterocycles. The van der Waals surface area contributed by atoms with Crippen molar-refractivity contribution in [1.82, 2.24) is 4.98 Å². The molecule has 0 atom stereocenters. The first-order valence-electron chi connectivity index (χ1n) is 8.52. The smallest absolute Gasteiger partial charge is 0.250 e. The number of aromatic nitrogens is 1. The number of nitrogens with zero attached hydrogens (tertiary/aromatic N) is 1. The van der Waals surface area contributed by atoms with Crippen molar-refractivity contribution < 1.29 is 4.79 Å². The van der Waals surface area contributed by atoms with Crippen molar-refractivity contribution in [2.24, 2.45) is 0 Å². The molecule has 0 saturated carbocycles. The van der Waals surface area contributed by atoms with Crippen LogP contribution in [0.5, 0.6) is 0 Å². The molecule has 0 radical (unpaired) electrons. The molecule has 0 bridgehead atoms. The van der Waals surface area contributed by atoms with Crippen LogP contribution in [0, 0.1) is 0 Å². The van der Waals surface area contributed by atoms with Crippen LogP contribution in [0.1, 0.15) is 31.9 Å². The van der Waals surface area contributed by atoms with Gasteiger partial charge in [0.25, 0.3) is 0 Å². The summed E-state index contributed by atoms with van der Waals surface area (Å²) in [5, 5.41) is 5.38. The molecule has 1 aromatic heterocycles. The highest BCUT2D eigenvalue weighted by atomic mass is 32.1. The topological polar surface area (TPSA) is 42.0 Å². The molecule has 0 unspecified atom stereocenters. The summed E-state index contributed by atoms with van der Waals surface area (Å²) in [5.41, 5.74) is 4.33. The van der Waals surface area contributed by atoms with Crippen molar-refractivity contribution in [2.45, 2.75) is 26.2 Å². The van der Waals surface area contributed by atoms with E-state index in [1.807, 2.05) is 35.7 Å². The molecule has 3 rings (SSSR count). The highest BCUT2D eigenvalue weighted by Gasteiger charge is 2.13. The minimum absolute atomic E-state index is 0.130. The summed E-state index contributed by atoms with van der Waals surface area (Å²) in [6.45, 7) is 6.59. The lowest BCUT2D eigenvalue weighted by Crippen LogP contribution is -2.10. The monoisotopic (exact) mass is 362 g/mol. The fourth-order valence-corrected chi connectivity index (χ4v) is 3.21. The van der Waals surface area contributed by atoms with Crippen LogP contribution in [-0.4, -0.2) is 10.9 Å². The predicted octanol–water partition coefficient (Wildman–Crippen LogP) is 5.76. The van der Waals surface area contributed by atoms with Gasteiger partial charge in [0.05, 0.1) is 5.69 Å². The number of hydrogen-bond acceptors (Lipinski definition) is 3. The molecule has 0 saturated heterocycles. The van der Waals surface area contributed by atoms with Gasteiger partial charge in [-0.3, -0.25) is 10.1 Å². The van der Waals surface area contributed by atoms with Crippen LogP contribution < -0.4 is 5.32 Å². The fourth-order valence-electron chi connectivity index (χ4n) is 2.49. The van der Waals surface area contributed by atoms with Gasteiger partial charge in [-0.2, -0.15) is 0 Å². The maximum atomic E-state index is 12.1. The normalized spacial score (nSPS) is 11.7. The Kier molecular flexibility index (Phi) is 5.33. The van der Waals surface area contributed by atoms with Crippen molar-refractivity contribution in [2.75, 3.05) is 5.32 Å². The van der Waals surface area contributed by atoms with Gasteiger partial charge in [0.2, 0.25) is 5.91 Å². The zero-order valence-corrected chi connectivity index (χ0v) is 16.0. The third-order valence-electron chi connectivity index (χ3n) is 4.01. The van der Waals surface area contributed by atoms with E-state index in [0.717, 1.165) is 16.8 Å². The standard InChI is InChI=1S/C22H22N2OS/c1-22(2,3)18-12-10-17(11-13-18)19-15-26-21(23-19)24-20(25)14-9-16-7-5-4-6-8-16/h4-15H,1-3H3,(H,23,24,25)/b14-9+. The minimum Gasteiger partial charge on any atom is -0.298 e. The van der Waals surface area contributed by atoms with E-state index in [1.54, 1.807) is 6.08 Å². The van der Waals surface area contributed by atoms with Crippen LogP contribution in [0.3, 0.4) is 0 Å². The number of carbonyl (C=O) groups excluding carboxylic acids is 1. The number of hydrogen-bond donors (Lipinski definition) is 1. The van der Waals surface area contributed by atoms with E-state index in [4.69, 9.17) is 0 Å². The molecule has 0 spiro atoms. The summed E-state index contributed by atoms with van der Waals surface area (Å²) in [6, 6.07) is 18.2. The molecule has 4 heteroatoms. The highest BCUT2D eigenvalue weighted by Crippen LogP contribution is 2.28. The van der Waals surface area contributed by atoms with Gasteiger partial charge in [0.15, 0.2) is 5.13 Å². The van der Waals surface area contributed by atoms with Gasteiger partial charge in [-0.1, -0.05) is 75.4 Å². The van der Waals surface area contributed by atoms with E-state index in [9.17, 15) is 4.79 Å².